The topological polar surface area (TPSA) is 212 Å². The molecule has 0 radical (unpaired) electrons. The molecule has 2 aromatic carbocycles. The monoisotopic (exact) mass is 900 g/mol. The molecule has 5 atom stereocenters. The van der Waals surface area contributed by atoms with Crippen molar-refractivity contribution < 1.29 is 47.6 Å². The fourth-order valence-corrected chi connectivity index (χ4v) is 8.39. The summed E-state index contributed by atoms with van der Waals surface area (Å²) in [6, 6.07) is 9.79. The highest BCUT2D eigenvalue weighted by Gasteiger charge is 2.39. The van der Waals surface area contributed by atoms with Crippen LogP contribution in [-0.2, 0) is 28.5 Å². The number of likely N-dealkylation sites (tertiary alicyclic amines) is 2. The molecule has 18 nitrogen and oxygen atoms in total. The third-order valence-electron chi connectivity index (χ3n) is 12.2. The van der Waals surface area contributed by atoms with Crippen LogP contribution < -0.4 is 20.1 Å². The molecule has 352 valence electrons. The van der Waals surface area contributed by atoms with Crippen molar-refractivity contribution in [3.05, 3.63) is 60.4 Å². The lowest BCUT2D eigenvalue weighted by molar-refractivity contribution is -0.136. The van der Waals surface area contributed by atoms with Gasteiger partial charge in [0, 0.05) is 49.6 Å². The minimum atomic E-state index is -0.738. The fraction of sp³-hybridized carbons (Fsp3) is 0.532. The summed E-state index contributed by atoms with van der Waals surface area (Å²) >= 11 is 0. The first-order valence-electron chi connectivity index (χ1n) is 22.3. The number of aromatic nitrogens is 4. The third-order valence-corrected chi connectivity index (χ3v) is 12.2. The Morgan fingerprint density at radius 1 is 0.677 bits per heavy atom. The van der Waals surface area contributed by atoms with Gasteiger partial charge >= 0.3 is 12.2 Å². The van der Waals surface area contributed by atoms with Crippen molar-refractivity contribution in [1.29, 1.82) is 0 Å². The van der Waals surface area contributed by atoms with E-state index in [0.717, 1.165) is 59.3 Å². The van der Waals surface area contributed by atoms with E-state index in [2.05, 4.69) is 20.6 Å². The number of amides is 4. The second kappa shape index (κ2) is 22.7. The van der Waals surface area contributed by atoms with Crippen LogP contribution in [0.25, 0.3) is 33.6 Å². The maximum atomic E-state index is 13.9. The Morgan fingerprint density at radius 3 is 1.54 bits per heavy atom. The van der Waals surface area contributed by atoms with Crippen LogP contribution in [0, 0.1) is 11.8 Å². The molecule has 6 rings (SSSR count). The summed E-state index contributed by atoms with van der Waals surface area (Å²) in [4.78, 5) is 72.0. The van der Waals surface area contributed by atoms with Crippen molar-refractivity contribution in [2.75, 3.05) is 68.0 Å². The van der Waals surface area contributed by atoms with Crippen molar-refractivity contribution >= 4 is 24.0 Å². The Kier molecular flexibility index (Phi) is 16.8. The van der Waals surface area contributed by atoms with Gasteiger partial charge in [0.1, 0.15) is 48.4 Å². The number of H-pyrrole nitrogens is 2. The molecule has 2 fully saturated rings. The number of nitrogens with one attached hydrogen (secondary N) is 4. The van der Waals surface area contributed by atoms with Crippen LogP contribution >= 0.6 is 0 Å². The number of nitrogens with zero attached hydrogens (tertiary/aromatic N) is 4. The molecular weight excluding hydrogens is 837 g/mol. The van der Waals surface area contributed by atoms with E-state index in [4.69, 9.17) is 38.4 Å². The predicted molar refractivity (Wildman–Crippen MR) is 242 cm³/mol. The number of rotatable bonds is 20. The van der Waals surface area contributed by atoms with E-state index >= 15 is 0 Å². The van der Waals surface area contributed by atoms with Crippen molar-refractivity contribution in [3.8, 4) is 45.1 Å². The van der Waals surface area contributed by atoms with Gasteiger partial charge in [-0.15, -0.1) is 0 Å². The highest BCUT2D eigenvalue weighted by atomic mass is 16.5. The molecule has 18 heteroatoms. The summed E-state index contributed by atoms with van der Waals surface area (Å²) in [5.41, 5.74) is 4.71. The highest BCUT2D eigenvalue weighted by molar-refractivity contribution is 5.87. The van der Waals surface area contributed by atoms with E-state index in [1.54, 1.807) is 36.4 Å². The number of hydrogen-bond donors (Lipinski definition) is 4. The molecule has 0 bridgehead atoms. The van der Waals surface area contributed by atoms with Gasteiger partial charge in [-0.05, 0) is 61.8 Å². The molecule has 0 spiro atoms. The first-order chi connectivity index (χ1) is 31.4. The number of alkyl carbamates (subject to hydrolysis) is 2. The molecule has 4 N–H and O–H groups in total. The predicted octanol–water partition coefficient (Wildman–Crippen LogP) is 6.66. The number of aromatic amines is 2. The zero-order valence-corrected chi connectivity index (χ0v) is 38.7. The maximum absolute atomic E-state index is 13.9. The molecule has 2 saturated heterocycles. The van der Waals surface area contributed by atoms with Gasteiger partial charge in [-0.2, -0.15) is 0 Å². The van der Waals surface area contributed by atoms with Crippen LogP contribution in [0.1, 0.15) is 83.5 Å². The van der Waals surface area contributed by atoms with Crippen LogP contribution in [0.4, 0.5) is 9.59 Å². The van der Waals surface area contributed by atoms with Crippen LogP contribution in [0.2, 0.25) is 0 Å². The summed E-state index contributed by atoms with van der Waals surface area (Å²) in [5, 5.41) is 5.45. The van der Waals surface area contributed by atoms with E-state index in [9.17, 15) is 19.2 Å². The van der Waals surface area contributed by atoms with E-state index in [1.807, 2.05) is 64.1 Å². The quantitative estimate of drug-likeness (QED) is 0.0686. The average Bonchev–Trinajstić information content (AvgIpc) is 4.17. The number of ether oxygens (including phenoxy) is 6. The van der Waals surface area contributed by atoms with Gasteiger partial charge < -0.3 is 58.8 Å². The Morgan fingerprint density at radius 2 is 1.12 bits per heavy atom. The normalized spacial score (nSPS) is 17.4. The van der Waals surface area contributed by atoms with Crippen LogP contribution in [0.3, 0.4) is 0 Å². The lowest BCUT2D eigenvalue weighted by atomic mass is 9.97. The summed E-state index contributed by atoms with van der Waals surface area (Å²) < 4.78 is 33.1. The first kappa shape index (κ1) is 48.3. The Balaban J connectivity index is 1.28. The van der Waals surface area contributed by atoms with E-state index in [-0.39, 0.29) is 35.7 Å². The second-order valence-electron chi connectivity index (χ2n) is 16.7. The van der Waals surface area contributed by atoms with Gasteiger partial charge in [0.25, 0.3) is 0 Å². The Hall–Kier alpha value is -6.14. The molecule has 0 unspecified atom stereocenters. The van der Waals surface area contributed by atoms with Gasteiger partial charge in [-0.25, -0.2) is 19.6 Å². The van der Waals surface area contributed by atoms with Crippen molar-refractivity contribution in [1.82, 2.24) is 40.4 Å². The zero-order valence-electron chi connectivity index (χ0n) is 38.7. The summed E-state index contributed by atoms with van der Waals surface area (Å²) in [5.74, 6) is 1.92. The zero-order chi connectivity index (χ0) is 46.6. The molecule has 4 heterocycles. The number of methoxy groups -OCH3 is 4. The van der Waals surface area contributed by atoms with Gasteiger partial charge in [-0.3, -0.25) is 9.59 Å². The second-order valence-corrected chi connectivity index (χ2v) is 16.7. The molecular formula is C47H64N8O10. The van der Waals surface area contributed by atoms with Crippen LogP contribution in [0.15, 0.2) is 48.8 Å². The number of hydrogen-bond acceptors (Lipinski definition) is 12. The molecule has 4 aromatic rings. The standard InChI is InChI=1S/C47H64N8O10/c1-9-29(4)41(53-47(59)63-8)45(57)55-19-11-13-37(55)43-49-27-35(51-43)31-15-17-33(39(25-31)65-23-21-61-6)32-16-14-30(24-38(32)64-22-20-60-5)34-26-48-42(50-34)36-12-10-18-54(36)44(56)40(28(2)3)52-46(58)62-7/h14-17,24-29,36-37,40-41H,9-13,18-23H2,1-8H3,(H,48,50)(H,49,51)(H,52,58)(H,53,59)/t29-,36-,37-,40-,41-/m0/s1. The van der Waals surface area contributed by atoms with E-state index in [1.165, 1.54) is 14.2 Å². The van der Waals surface area contributed by atoms with Gasteiger partial charge in [0.2, 0.25) is 11.8 Å². The Bertz CT molecular complexity index is 2240. The molecule has 2 aromatic heterocycles. The van der Waals surface area contributed by atoms with Gasteiger partial charge in [0.05, 0.1) is 63.3 Å². The molecule has 0 saturated carbocycles. The van der Waals surface area contributed by atoms with E-state index in [0.29, 0.717) is 69.1 Å². The average molecular weight is 901 g/mol. The lowest BCUT2D eigenvalue weighted by Gasteiger charge is -2.30. The molecule has 65 heavy (non-hydrogen) atoms. The minimum absolute atomic E-state index is 0.0973. The minimum Gasteiger partial charge on any atom is -0.491 e. The summed E-state index contributed by atoms with van der Waals surface area (Å²) in [6.07, 6.45) is 5.98. The van der Waals surface area contributed by atoms with Crippen LogP contribution in [-0.4, -0.2) is 134 Å². The highest BCUT2D eigenvalue weighted by Crippen LogP contribution is 2.42. The van der Waals surface area contributed by atoms with Gasteiger partial charge in [-0.1, -0.05) is 46.2 Å². The molecule has 2 aliphatic rings. The SMILES string of the molecule is CC[C@H](C)[C@H](NC(=O)OC)C(=O)N1CCC[C@H]1c1ncc(-c2ccc(-c3ccc(-c4cnc([C@@H]5CCCN5C(=O)[C@@H](NC(=O)OC)C(C)C)[nH]4)cc3OCCOC)c(OCCOC)c2)[nH]1. The first-order valence-corrected chi connectivity index (χ1v) is 22.3. The Labute approximate surface area is 380 Å². The number of benzene rings is 2. The maximum Gasteiger partial charge on any atom is 0.407 e. The van der Waals surface area contributed by atoms with Crippen molar-refractivity contribution in [2.24, 2.45) is 11.8 Å². The molecule has 4 amide bonds. The lowest BCUT2D eigenvalue weighted by Crippen LogP contribution is -2.51. The third kappa shape index (κ3) is 11.4. The van der Waals surface area contributed by atoms with Gasteiger partial charge in [0.15, 0.2) is 0 Å². The number of carbonyl (C=O) groups is 4. The molecule has 0 aliphatic carbocycles. The molecule has 2 aliphatic heterocycles. The number of imidazole rings is 2. The van der Waals surface area contributed by atoms with Crippen molar-refractivity contribution in [2.45, 2.75) is 84.0 Å². The van der Waals surface area contributed by atoms with Crippen LogP contribution in [0.5, 0.6) is 11.5 Å². The number of carbonyl (C=O) groups excluding carboxylic acids is 4. The largest absolute Gasteiger partial charge is 0.491 e. The van der Waals surface area contributed by atoms with E-state index < -0.39 is 24.3 Å². The summed E-state index contributed by atoms with van der Waals surface area (Å²) in [7, 11) is 5.81. The smallest absolute Gasteiger partial charge is 0.407 e. The summed E-state index contributed by atoms with van der Waals surface area (Å²) in [6.45, 7) is 10.1. The van der Waals surface area contributed by atoms with Crippen molar-refractivity contribution in [3.63, 3.8) is 0 Å². The fourth-order valence-electron chi connectivity index (χ4n) is 8.39.